The van der Waals surface area contributed by atoms with Gasteiger partial charge in [-0.3, -0.25) is 19.9 Å². The third-order valence-electron chi connectivity index (χ3n) is 28.0. The van der Waals surface area contributed by atoms with Gasteiger partial charge >= 0.3 is 24.4 Å². The summed E-state index contributed by atoms with van der Waals surface area (Å²) in [7, 11) is 0. The molecule has 8 aliphatic rings. The van der Waals surface area contributed by atoms with Gasteiger partial charge in [-0.15, -0.1) is 0 Å². The highest BCUT2D eigenvalue weighted by Gasteiger charge is 2.46. The lowest BCUT2D eigenvalue weighted by molar-refractivity contribution is 0.128. The number of pyridine rings is 4. The highest BCUT2D eigenvalue weighted by molar-refractivity contribution is 7.06. The summed E-state index contributed by atoms with van der Waals surface area (Å²) in [4.78, 5) is 68.6. The van der Waals surface area contributed by atoms with Gasteiger partial charge in [0.15, 0.2) is 0 Å². The third-order valence-corrected chi connectivity index (χ3v) is 29.8. The molecule has 4 N–H and O–H groups in total. The van der Waals surface area contributed by atoms with Gasteiger partial charge in [-0.25, -0.2) is 45.5 Å². The Morgan fingerprint density at radius 2 is 0.721 bits per heavy atom. The molecule has 136 heavy (non-hydrogen) atoms. The number of halogens is 4. The minimum absolute atomic E-state index is 0.121. The van der Waals surface area contributed by atoms with Crippen molar-refractivity contribution in [2.45, 2.75) is 178 Å². The molecule has 8 aromatic heterocycles. The van der Waals surface area contributed by atoms with Crippen molar-refractivity contribution in [3.63, 3.8) is 0 Å². The molecular formula is C108H112F4N12O10S2. The monoisotopic (exact) mass is 1880 g/mol. The van der Waals surface area contributed by atoms with Gasteiger partial charge in [0.25, 0.3) is 0 Å². The van der Waals surface area contributed by atoms with Gasteiger partial charge in [-0.2, -0.15) is 0 Å². The summed E-state index contributed by atoms with van der Waals surface area (Å²) < 4.78 is 94.1. The first-order chi connectivity index (χ1) is 66.4. The number of carbonyl (C=O) groups is 4. The van der Waals surface area contributed by atoms with Crippen LogP contribution in [0.5, 0.6) is 0 Å². The Morgan fingerprint density at radius 3 is 1.12 bits per heavy atom. The number of benzene rings is 4. The number of rotatable bonds is 20. The first-order valence-corrected chi connectivity index (χ1v) is 49.0. The van der Waals surface area contributed by atoms with Crippen LogP contribution < -0.4 is 21.3 Å². The number of nitrogens with zero attached hydrogens (tertiary/aromatic N) is 8. The molecule has 0 saturated heterocycles. The number of amides is 4. The fourth-order valence-corrected chi connectivity index (χ4v) is 23.5. The second-order valence-electron chi connectivity index (χ2n) is 36.3. The quantitative estimate of drug-likeness (QED) is 0.0407. The lowest BCUT2D eigenvalue weighted by Crippen LogP contribution is -2.44. The number of ether oxygens (including phenoxy) is 4. The molecule has 0 unspecified atom stereocenters. The Balaban J connectivity index is 0.000000126. The Morgan fingerprint density at radius 1 is 0.368 bits per heavy atom. The zero-order valence-corrected chi connectivity index (χ0v) is 78.1. The molecule has 0 radical (unpaired) electrons. The van der Waals surface area contributed by atoms with E-state index in [0.29, 0.717) is 85.6 Å². The van der Waals surface area contributed by atoms with E-state index in [2.05, 4.69) is 96.7 Å². The maximum absolute atomic E-state index is 13.5. The van der Waals surface area contributed by atoms with E-state index < -0.39 is 0 Å². The Kier molecular flexibility index (Phi) is 31.4. The minimum atomic E-state index is -0.340. The molecular weight excluding hydrogens is 1770 g/mol. The molecule has 0 spiro atoms. The molecule has 4 amide bonds. The maximum atomic E-state index is 13.5. The molecule has 16 atom stereocenters. The van der Waals surface area contributed by atoms with Gasteiger partial charge in [-0.1, -0.05) is 107 Å². The second kappa shape index (κ2) is 45.1. The maximum Gasteiger partial charge on any atom is 0.407 e. The molecule has 8 aliphatic carbocycles. The van der Waals surface area contributed by atoms with Crippen LogP contribution in [0.1, 0.15) is 195 Å². The molecule has 22 nitrogen and oxygen atoms in total. The first-order valence-electron chi connectivity index (χ1n) is 47.5. The predicted molar refractivity (Wildman–Crippen MR) is 517 cm³/mol. The zero-order chi connectivity index (χ0) is 94.0. The molecule has 704 valence electrons. The van der Waals surface area contributed by atoms with Crippen molar-refractivity contribution >= 4 is 71.7 Å². The summed E-state index contributed by atoms with van der Waals surface area (Å²) in [6.45, 7) is 8.79. The van der Waals surface area contributed by atoms with Crippen molar-refractivity contribution in [2.75, 3.05) is 26.4 Å². The first kappa shape index (κ1) is 94.7. The summed E-state index contributed by atoms with van der Waals surface area (Å²) >= 11 is 3.18. The average Bonchev–Trinajstić information content (AvgIpc) is 1.55. The number of hydrogen-bond donors (Lipinski definition) is 4. The van der Waals surface area contributed by atoms with Crippen LogP contribution in [0.4, 0.5) is 36.7 Å². The van der Waals surface area contributed by atoms with Gasteiger partial charge in [0.05, 0.1) is 60.6 Å². The van der Waals surface area contributed by atoms with Crippen LogP contribution in [0.3, 0.4) is 0 Å². The van der Waals surface area contributed by atoms with E-state index in [-0.39, 0.29) is 83.6 Å². The van der Waals surface area contributed by atoms with Crippen molar-refractivity contribution in [3.05, 3.63) is 309 Å². The van der Waals surface area contributed by atoms with Gasteiger partial charge in [-0.05, 0) is 331 Å². The van der Waals surface area contributed by atoms with Gasteiger partial charge < -0.3 is 49.3 Å². The highest BCUT2D eigenvalue weighted by atomic mass is 32.1. The van der Waals surface area contributed by atoms with E-state index in [9.17, 15) is 36.7 Å². The normalized spacial score (nSPS) is 23.8. The van der Waals surface area contributed by atoms with E-state index in [4.69, 9.17) is 28.0 Å². The smallest absolute Gasteiger partial charge is 0.407 e. The number of nitrogens with one attached hydrogen (secondary N) is 4. The van der Waals surface area contributed by atoms with Crippen LogP contribution in [0.15, 0.2) is 229 Å². The van der Waals surface area contributed by atoms with Crippen LogP contribution >= 0.6 is 23.1 Å². The van der Waals surface area contributed by atoms with Gasteiger partial charge in [0, 0.05) is 128 Å². The number of carbonyl (C=O) groups excluding carboxylic acids is 4. The second-order valence-corrected chi connectivity index (χ2v) is 38.1. The summed E-state index contributed by atoms with van der Waals surface area (Å²) in [5, 5.41) is 20.7. The number of aromatic nitrogens is 8. The van der Waals surface area contributed by atoms with Crippen molar-refractivity contribution in [1.29, 1.82) is 0 Å². The van der Waals surface area contributed by atoms with Crippen molar-refractivity contribution in [2.24, 2.45) is 47.3 Å². The SMILES string of the molecule is CCOC(=O)N[C@@H]1CC[C@@H]2[C@H](Cc3cnsc3[C@H]2/C=C/c2ccc(-c3cccc(F)c3)cn2)C1.CCOC(=O)N[C@@H]1CC[C@@H]2[C@H](Cc3conc3[C@H]2/C=C/c2ccc(-c3cccc(F)c3)cn2)C1.CCOC(=O)N[C@@H]1CC[C@@H]2[C@H](Cc3nocc3[C@H]2/C=C/c2ccc(-c3cccc(F)c3)cn2)C1.CCOC(=O)N[C@@H]1CC[C@@H]2[C@H](Cc3sncc3[C@H]2/C=C/c2ccc(-c3cccc(F)c3)cn2)C1. The van der Waals surface area contributed by atoms with Crippen LogP contribution in [0.25, 0.3) is 68.8 Å². The number of fused-ring (bicyclic) bond motifs is 8. The summed E-state index contributed by atoms with van der Waals surface area (Å²) in [6.07, 6.45) is 46.0. The van der Waals surface area contributed by atoms with E-state index in [1.807, 2.05) is 125 Å². The van der Waals surface area contributed by atoms with Crippen molar-refractivity contribution in [1.82, 2.24) is 60.3 Å². The van der Waals surface area contributed by atoms with E-state index >= 15 is 0 Å². The van der Waals surface area contributed by atoms with Crippen LogP contribution in [0.2, 0.25) is 0 Å². The molecule has 4 aromatic carbocycles. The van der Waals surface area contributed by atoms with Crippen molar-refractivity contribution in [3.8, 4) is 44.5 Å². The molecule has 28 heteroatoms. The number of hydrogen-bond acceptors (Lipinski definition) is 20. The molecule has 4 saturated carbocycles. The topological polar surface area (TPSA) is 283 Å². The molecule has 0 aliphatic heterocycles. The minimum Gasteiger partial charge on any atom is -0.450 e. The van der Waals surface area contributed by atoms with Gasteiger partial charge in [0.2, 0.25) is 0 Å². The highest BCUT2D eigenvalue weighted by Crippen LogP contribution is 2.53. The predicted octanol–water partition coefficient (Wildman–Crippen LogP) is 24.0. The fourth-order valence-electron chi connectivity index (χ4n) is 21.7. The van der Waals surface area contributed by atoms with Crippen LogP contribution in [-0.2, 0) is 44.6 Å². The summed E-state index contributed by atoms with van der Waals surface area (Å²) in [5.41, 5.74) is 17.2. The third kappa shape index (κ3) is 23.7. The molecule has 4 fully saturated rings. The van der Waals surface area contributed by atoms with E-state index in [0.717, 1.165) is 193 Å². The molecule has 12 aromatic rings. The summed E-state index contributed by atoms with van der Waals surface area (Å²) in [6, 6.07) is 42.5. The largest absolute Gasteiger partial charge is 0.450 e. The fraction of sp³-hybridized carbons (Fsp3) is 0.370. The Labute approximate surface area is 797 Å². The van der Waals surface area contributed by atoms with Crippen LogP contribution in [-0.4, -0.2) is 114 Å². The lowest BCUT2D eigenvalue weighted by atomic mass is 9.64. The molecule has 0 bridgehead atoms. The van der Waals surface area contributed by atoms with E-state index in [1.165, 1.54) is 69.4 Å². The standard InChI is InChI=1S/2C27H28FN3O3.2C27H28FN3O2S/c1-2-33-27(32)30-23-9-10-24-19(14-23)12-20-16-34-31-26(20)25(24)11-8-22-7-6-18(15-29-22)17-4-3-5-21(28)13-17;1-2-33-27(32)30-22-9-10-23-19(13-22)14-26-25(16-34-31-26)24(23)11-8-21-7-6-18(15-29-21)17-4-3-5-20(28)12-17;1-2-33-27(32)31-23-9-10-24-19(14-23)12-20-16-30-34-26(20)25(24)11-8-22-7-6-18(15-29-22)17-4-3-5-21(28)13-17;1-2-33-27(32)31-22-9-10-23-19(13-22)14-26-25(16-30-34-26)24(23)11-8-21-7-6-18(15-29-21)17-4-3-5-20(28)12-17/h3-8,11,13,15-16,19,23-25H,2,9-10,12,14H2,1H3,(H,30,32);3-8,11-12,15-16,19,22-24H,2,9-10,13-14H2,1H3,(H,30,32);3-8,11,13,15-16,19,23-25H,2,9-10,12,14H2,1H3,(H,31,32);3-8,11-12,15-16,19,22-24H,2,9-10,13-14H2,1H3,(H,31,32)/b4*11-8+/t19-,23-,24-,25+;19-,22+,23+,24-;19-,23-,24-,25+;19-,22+,23+,24-/m1010/s1. The number of alkyl carbamates (subject to hydrolysis) is 4. The Bertz CT molecular complexity index is 5440. The van der Waals surface area contributed by atoms with E-state index in [1.54, 1.807) is 84.6 Å². The zero-order valence-electron chi connectivity index (χ0n) is 76.5. The summed E-state index contributed by atoms with van der Waals surface area (Å²) in [5.74, 6) is 3.69. The Hall–Kier alpha value is -13.1. The molecule has 20 rings (SSSR count). The number of allylic oxidation sites excluding steroid dienone is 4. The lowest BCUT2D eigenvalue weighted by Gasteiger charge is -2.42. The van der Waals surface area contributed by atoms with Crippen molar-refractivity contribution < 1.29 is 64.7 Å². The van der Waals surface area contributed by atoms with Crippen LogP contribution in [0, 0.1) is 70.6 Å². The van der Waals surface area contributed by atoms with Gasteiger partial charge in [0.1, 0.15) is 35.8 Å². The molecule has 8 heterocycles. The average molecular weight is 1880 g/mol.